The van der Waals surface area contributed by atoms with Gasteiger partial charge in [0.1, 0.15) is 13.2 Å². The number of hydrogen-bond acceptors (Lipinski definition) is 4. The number of terminal acetylenes is 2. The minimum absolute atomic E-state index is 0.0860. The Labute approximate surface area is 80.1 Å². The lowest BCUT2D eigenvalue weighted by Crippen LogP contribution is -2.34. The zero-order valence-corrected chi connectivity index (χ0v) is 7.20. The lowest BCUT2D eigenvalue weighted by Gasteiger charge is -2.09. The Kier molecular flexibility index (Phi) is 2.93. The van der Waals surface area contributed by atoms with Gasteiger partial charge in [0.05, 0.1) is 0 Å². The van der Waals surface area contributed by atoms with Crippen LogP contribution in [0.4, 0.5) is 0 Å². The topological polar surface area (TPSA) is 52.6 Å². The van der Waals surface area contributed by atoms with E-state index in [0.717, 1.165) is 0 Å². The SMILES string of the molecule is C#CCOc1c(OCC#C)c(=O)c1=O. The van der Waals surface area contributed by atoms with Crippen LogP contribution in [0.3, 0.4) is 0 Å². The van der Waals surface area contributed by atoms with Crippen LogP contribution in [-0.4, -0.2) is 13.2 Å². The van der Waals surface area contributed by atoms with Crippen LogP contribution in [0.1, 0.15) is 0 Å². The third kappa shape index (κ3) is 1.60. The molecule has 0 heterocycles. The Morgan fingerprint density at radius 3 is 1.57 bits per heavy atom. The average Bonchev–Trinajstić information content (AvgIpc) is 2.21. The Hall–Kier alpha value is -2.20. The maximum atomic E-state index is 10.9. The summed E-state index contributed by atoms with van der Waals surface area (Å²) in [5, 5.41) is 0. The zero-order valence-electron chi connectivity index (χ0n) is 7.20. The van der Waals surface area contributed by atoms with Gasteiger partial charge >= 0.3 is 0 Å². The summed E-state index contributed by atoms with van der Waals surface area (Å²) in [6.45, 7) is -0.172. The Bertz CT molecular complexity index is 432. The first-order chi connectivity index (χ1) is 6.72. The van der Waals surface area contributed by atoms with E-state index < -0.39 is 10.9 Å². The molecule has 0 spiro atoms. The van der Waals surface area contributed by atoms with Gasteiger partial charge in [-0.1, -0.05) is 11.8 Å². The first kappa shape index (κ1) is 9.88. The Morgan fingerprint density at radius 1 is 0.929 bits per heavy atom. The van der Waals surface area contributed by atoms with Crippen LogP contribution >= 0.6 is 0 Å². The Balaban J connectivity index is 2.80. The molecule has 0 aromatic heterocycles. The fraction of sp³-hybridized carbons (Fsp3) is 0.200. The molecule has 0 aliphatic rings. The second kappa shape index (κ2) is 4.15. The highest BCUT2D eigenvalue weighted by atomic mass is 16.5. The van der Waals surface area contributed by atoms with Crippen molar-refractivity contribution in [3.63, 3.8) is 0 Å². The summed E-state index contributed by atoms with van der Waals surface area (Å²) in [4.78, 5) is 21.8. The molecule has 1 rings (SSSR count). The number of ether oxygens (including phenoxy) is 2. The summed E-state index contributed by atoms with van der Waals surface area (Å²) >= 11 is 0. The predicted octanol–water partition coefficient (Wildman–Crippen LogP) is -0.693. The molecule has 4 nitrogen and oxygen atoms in total. The molecule has 0 saturated carbocycles. The van der Waals surface area contributed by atoms with Crippen LogP contribution in [0.15, 0.2) is 9.59 Å². The molecule has 0 saturated heterocycles. The van der Waals surface area contributed by atoms with Gasteiger partial charge in [-0.05, 0) is 0 Å². The molecule has 0 fully saturated rings. The minimum Gasteiger partial charge on any atom is -0.473 e. The quantitative estimate of drug-likeness (QED) is 0.465. The Morgan fingerprint density at radius 2 is 1.29 bits per heavy atom. The summed E-state index contributed by atoms with van der Waals surface area (Å²) in [5.74, 6) is 4.05. The van der Waals surface area contributed by atoms with Crippen LogP contribution < -0.4 is 20.3 Å². The van der Waals surface area contributed by atoms with Gasteiger partial charge in [-0.2, -0.15) is 0 Å². The lowest BCUT2D eigenvalue weighted by molar-refractivity contribution is 0.300. The standard InChI is InChI=1S/C10H6O4/c1-3-5-13-9-7(11)8(12)10(9)14-6-4-2/h1-2H,5-6H2. The molecular formula is C10H6O4. The maximum Gasteiger partial charge on any atom is 0.275 e. The van der Waals surface area contributed by atoms with E-state index in [-0.39, 0.29) is 24.7 Å². The van der Waals surface area contributed by atoms with E-state index in [1.165, 1.54) is 0 Å². The monoisotopic (exact) mass is 190 g/mol. The van der Waals surface area contributed by atoms with E-state index in [9.17, 15) is 9.59 Å². The average molecular weight is 190 g/mol. The molecule has 1 aromatic rings. The van der Waals surface area contributed by atoms with Gasteiger partial charge in [0.15, 0.2) is 0 Å². The van der Waals surface area contributed by atoms with Gasteiger partial charge < -0.3 is 9.47 Å². The van der Waals surface area contributed by atoms with Crippen molar-refractivity contribution >= 4 is 0 Å². The molecule has 0 radical (unpaired) electrons. The second-order valence-electron chi connectivity index (χ2n) is 2.30. The van der Waals surface area contributed by atoms with Gasteiger partial charge in [-0.3, -0.25) is 9.59 Å². The highest BCUT2D eigenvalue weighted by Crippen LogP contribution is 2.19. The van der Waals surface area contributed by atoms with Crippen molar-refractivity contribution in [1.29, 1.82) is 0 Å². The minimum atomic E-state index is -0.729. The number of rotatable bonds is 4. The molecule has 0 atom stereocenters. The van der Waals surface area contributed by atoms with Crippen molar-refractivity contribution in [2.75, 3.05) is 13.2 Å². The van der Waals surface area contributed by atoms with E-state index in [1.54, 1.807) is 0 Å². The molecule has 0 aliphatic carbocycles. The van der Waals surface area contributed by atoms with Gasteiger partial charge in [0, 0.05) is 0 Å². The molecule has 14 heavy (non-hydrogen) atoms. The first-order valence-corrected chi connectivity index (χ1v) is 3.68. The highest BCUT2D eigenvalue weighted by Gasteiger charge is 2.23. The molecule has 0 amide bonds. The summed E-state index contributed by atoms with van der Waals surface area (Å²) in [6, 6.07) is 0. The molecule has 1 aromatic carbocycles. The lowest BCUT2D eigenvalue weighted by atomic mass is 10.2. The van der Waals surface area contributed by atoms with E-state index in [2.05, 4.69) is 11.8 Å². The van der Waals surface area contributed by atoms with Crippen LogP contribution in [0.25, 0.3) is 0 Å². The van der Waals surface area contributed by atoms with Gasteiger partial charge in [0.2, 0.25) is 11.5 Å². The summed E-state index contributed by atoms with van der Waals surface area (Å²) in [6.07, 6.45) is 9.83. The van der Waals surface area contributed by atoms with Gasteiger partial charge in [-0.25, -0.2) is 0 Å². The molecule has 0 N–H and O–H groups in total. The van der Waals surface area contributed by atoms with Crippen LogP contribution in [-0.2, 0) is 0 Å². The van der Waals surface area contributed by atoms with Crippen molar-refractivity contribution in [3.05, 3.63) is 20.4 Å². The van der Waals surface area contributed by atoms with E-state index >= 15 is 0 Å². The van der Waals surface area contributed by atoms with Crippen molar-refractivity contribution < 1.29 is 9.47 Å². The fourth-order valence-electron chi connectivity index (χ4n) is 0.840. The maximum absolute atomic E-state index is 10.9. The van der Waals surface area contributed by atoms with Crippen LogP contribution in [0.2, 0.25) is 0 Å². The molecule has 0 aliphatic heterocycles. The van der Waals surface area contributed by atoms with E-state index in [4.69, 9.17) is 22.3 Å². The molecular weight excluding hydrogens is 184 g/mol. The molecule has 4 heteroatoms. The van der Waals surface area contributed by atoms with E-state index in [0.29, 0.717) is 0 Å². The largest absolute Gasteiger partial charge is 0.473 e. The smallest absolute Gasteiger partial charge is 0.275 e. The summed E-state index contributed by atoms with van der Waals surface area (Å²) in [7, 11) is 0. The third-order valence-electron chi connectivity index (χ3n) is 1.42. The van der Waals surface area contributed by atoms with Gasteiger partial charge in [-0.15, -0.1) is 12.8 Å². The van der Waals surface area contributed by atoms with E-state index in [1.807, 2.05) is 0 Å². The van der Waals surface area contributed by atoms with Crippen molar-refractivity contribution in [1.82, 2.24) is 0 Å². The summed E-state index contributed by atoms with van der Waals surface area (Å²) in [5.41, 5.74) is -1.46. The molecule has 0 bridgehead atoms. The van der Waals surface area contributed by atoms with Gasteiger partial charge in [0.25, 0.3) is 10.9 Å². The number of hydrogen-bond donors (Lipinski definition) is 0. The van der Waals surface area contributed by atoms with Crippen LogP contribution in [0.5, 0.6) is 11.5 Å². The third-order valence-corrected chi connectivity index (χ3v) is 1.42. The zero-order chi connectivity index (χ0) is 10.6. The second-order valence-corrected chi connectivity index (χ2v) is 2.30. The fourth-order valence-corrected chi connectivity index (χ4v) is 0.840. The first-order valence-electron chi connectivity index (χ1n) is 3.68. The summed E-state index contributed by atoms with van der Waals surface area (Å²) < 4.78 is 9.60. The molecule has 70 valence electrons. The highest BCUT2D eigenvalue weighted by molar-refractivity contribution is 5.46. The van der Waals surface area contributed by atoms with Crippen molar-refractivity contribution in [2.45, 2.75) is 0 Å². The van der Waals surface area contributed by atoms with Crippen molar-refractivity contribution in [2.24, 2.45) is 0 Å². The molecule has 0 unspecified atom stereocenters. The van der Waals surface area contributed by atoms with Crippen LogP contribution in [0, 0.1) is 24.7 Å². The predicted molar refractivity (Wildman–Crippen MR) is 50.0 cm³/mol. The normalized spacial score (nSPS) is 9.00. The van der Waals surface area contributed by atoms with Crippen molar-refractivity contribution in [3.8, 4) is 36.2 Å².